The molecule has 1 amide bonds. The number of rotatable bonds is 7. The number of nitrogens with one attached hydrogen (secondary N) is 1. The number of benzene rings is 1. The van der Waals surface area contributed by atoms with Gasteiger partial charge in [-0.25, -0.2) is 0 Å². The van der Waals surface area contributed by atoms with Crippen molar-refractivity contribution in [3.8, 4) is 5.75 Å². The minimum atomic E-state index is -0.0301. The normalized spacial score (nSPS) is 14.0. The summed E-state index contributed by atoms with van der Waals surface area (Å²) >= 11 is 1.47. The molecule has 1 aliphatic carbocycles. The van der Waals surface area contributed by atoms with E-state index >= 15 is 0 Å². The highest BCUT2D eigenvalue weighted by Crippen LogP contribution is 2.39. The predicted molar refractivity (Wildman–Crippen MR) is 93.8 cm³/mol. The molecule has 0 saturated heterocycles. The average Bonchev–Trinajstić information content (AvgIpc) is 3.24. The van der Waals surface area contributed by atoms with Gasteiger partial charge in [0.05, 0.1) is 19.6 Å². The zero-order valence-corrected chi connectivity index (χ0v) is 14.8. The van der Waals surface area contributed by atoms with Crippen molar-refractivity contribution in [1.82, 2.24) is 25.1 Å². The lowest BCUT2D eigenvalue weighted by Gasteiger charge is -2.05. The van der Waals surface area contributed by atoms with E-state index in [9.17, 15) is 4.79 Å². The summed E-state index contributed by atoms with van der Waals surface area (Å²) in [6, 6.07) is 7.59. The molecule has 7 nitrogen and oxygen atoms in total. The Morgan fingerprint density at radius 3 is 2.84 bits per heavy atom. The highest BCUT2D eigenvalue weighted by Gasteiger charge is 2.30. The molecule has 0 radical (unpaired) electrons. The topological polar surface area (TPSA) is 81.4 Å². The van der Waals surface area contributed by atoms with Crippen LogP contribution in [0.1, 0.15) is 42.1 Å². The maximum atomic E-state index is 12.1. The molecule has 1 saturated carbocycles. The first-order chi connectivity index (χ1) is 12.2. The van der Waals surface area contributed by atoms with Gasteiger partial charge in [-0.1, -0.05) is 23.5 Å². The third kappa shape index (κ3) is 3.63. The molecule has 0 atom stereocenters. The van der Waals surface area contributed by atoms with Crippen LogP contribution in [0.4, 0.5) is 0 Å². The molecule has 4 rings (SSSR count). The fraction of sp³-hybridized carbons (Fsp3) is 0.412. The lowest BCUT2D eigenvalue weighted by Crippen LogP contribution is -2.24. The Bertz CT molecular complexity index is 882. The van der Waals surface area contributed by atoms with Gasteiger partial charge in [-0.3, -0.25) is 4.79 Å². The third-order valence-electron chi connectivity index (χ3n) is 4.04. The first kappa shape index (κ1) is 16.0. The van der Waals surface area contributed by atoms with Crippen molar-refractivity contribution in [2.75, 3.05) is 6.61 Å². The van der Waals surface area contributed by atoms with Gasteiger partial charge in [0.25, 0.3) is 0 Å². The largest absolute Gasteiger partial charge is 0.494 e. The van der Waals surface area contributed by atoms with E-state index in [1.807, 2.05) is 35.7 Å². The number of fused-ring (bicyclic) bond motifs is 1. The van der Waals surface area contributed by atoms with E-state index in [-0.39, 0.29) is 5.91 Å². The summed E-state index contributed by atoms with van der Waals surface area (Å²) in [5.74, 6) is 2.23. The quantitative estimate of drug-likeness (QED) is 0.702. The Kier molecular flexibility index (Phi) is 4.35. The fourth-order valence-corrected chi connectivity index (χ4v) is 3.41. The number of aromatic nitrogens is 4. The second kappa shape index (κ2) is 6.79. The highest BCUT2D eigenvalue weighted by molar-refractivity contribution is 7.16. The summed E-state index contributed by atoms with van der Waals surface area (Å²) < 4.78 is 7.22. The van der Waals surface area contributed by atoms with Crippen LogP contribution in [-0.2, 0) is 17.8 Å². The number of nitrogens with zero attached hydrogens (tertiary/aromatic N) is 4. The monoisotopic (exact) mass is 357 g/mol. The van der Waals surface area contributed by atoms with Crippen molar-refractivity contribution in [1.29, 1.82) is 0 Å². The van der Waals surface area contributed by atoms with Gasteiger partial charge >= 0.3 is 0 Å². The van der Waals surface area contributed by atoms with Gasteiger partial charge in [-0.2, -0.15) is 9.61 Å². The Labute approximate surface area is 149 Å². The number of hydrogen-bond acceptors (Lipinski definition) is 6. The first-order valence-corrected chi connectivity index (χ1v) is 9.24. The van der Waals surface area contributed by atoms with Gasteiger partial charge in [0, 0.05) is 5.92 Å². The standard InChI is InChI=1S/C17H19N5O2S/c1-2-24-13-7-3-11(4-8-13)9-14(23)18-10-15-21-22-16(12-5-6-12)19-20-17(22)25-15/h3-4,7-8,12H,2,5-6,9-10H2,1H3,(H,18,23). The molecule has 25 heavy (non-hydrogen) atoms. The summed E-state index contributed by atoms with van der Waals surface area (Å²) in [6.07, 6.45) is 2.66. The SMILES string of the molecule is CCOc1ccc(CC(=O)NCc2nn3c(C4CC4)nnc3s2)cc1. The van der Waals surface area contributed by atoms with Crippen molar-refractivity contribution in [3.63, 3.8) is 0 Å². The number of ether oxygens (including phenoxy) is 1. The molecule has 2 heterocycles. The maximum absolute atomic E-state index is 12.1. The van der Waals surface area contributed by atoms with E-state index in [0.29, 0.717) is 25.5 Å². The third-order valence-corrected chi connectivity index (χ3v) is 4.93. The van der Waals surface area contributed by atoms with Crippen LogP contribution in [0.25, 0.3) is 4.96 Å². The summed E-state index contributed by atoms with van der Waals surface area (Å²) in [5, 5.41) is 16.6. The average molecular weight is 357 g/mol. The molecule has 3 aromatic rings. The lowest BCUT2D eigenvalue weighted by molar-refractivity contribution is -0.120. The van der Waals surface area contributed by atoms with Crippen LogP contribution in [-0.4, -0.2) is 32.3 Å². The van der Waals surface area contributed by atoms with Crippen molar-refractivity contribution >= 4 is 22.2 Å². The Hall–Kier alpha value is -2.48. The molecule has 1 aromatic carbocycles. The zero-order valence-electron chi connectivity index (χ0n) is 13.9. The molecule has 1 aliphatic rings. The number of carbonyl (C=O) groups is 1. The van der Waals surface area contributed by atoms with Crippen molar-refractivity contribution in [2.24, 2.45) is 0 Å². The first-order valence-electron chi connectivity index (χ1n) is 8.42. The predicted octanol–water partition coefficient (Wildman–Crippen LogP) is 2.32. The van der Waals surface area contributed by atoms with Crippen molar-refractivity contribution in [3.05, 3.63) is 40.7 Å². The molecule has 1 N–H and O–H groups in total. The van der Waals surface area contributed by atoms with Crippen molar-refractivity contribution in [2.45, 2.75) is 38.6 Å². The Balaban J connectivity index is 1.33. The molecule has 8 heteroatoms. The van der Waals surface area contributed by atoms with Gasteiger partial charge in [0.15, 0.2) is 5.82 Å². The summed E-state index contributed by atoms with van der Waals surface area (Å²) in [4.78, 5) is 12.9. The van der Waals surface area contributed by atoms with Crippen LogP contribution < -0.4 is 10.1 Å². The number of carbonyl (C=O) groups excluding carboxylic acids is 1. The van der Waals surface area contributed by atoms with Crippen LogP contribution >= 0.6 is 11.3 Å². The molecule has 2 aromatic heterocycles. The van der Waals surface area contributed by atoms with E-state index in [2.05, 4.69) is 20.6 Å². The number of amides is 1. The van der Waals surface area contributed by atoms with E-state index in [4.69, 9.17) is 4.74 Å². The summed E-state index contributed by atoms with van der Waals surface area (Å²) in [6.45, 7) is 2.99. The molecular formula is C17H19N5O2S. The maximum Gasteiger partial charge on any atom is 0.234 e. The van der Waals surface area contributed by atoms with Crippen LogP contribution in [0, 0.1) is 0 Å². The molecule has 1 fully saturated rings. The van der Waals surface area contributed by atoms with Crippen molar-refractivity contribution < 1.29 is 9.53 Å². The van der Waals surface area contributed by atoms with Gasteiger partial charge in [0.2, 0.25) is 10.9 Å². The van der Waals surface area contributed by atoms with E-state index in [1.54, 1.807) is 0 Å². The second-order valence-corrected chi connectivity index (χ2v) is 7.09. The van der Waals surface area contributed by atoms with E-state index in [0.717, 1.165) is 39.9 Å². The van der Waals surface area contributed by atoms with Gasteiger partial charge < -0.3 is 10.1 Å². The molecule has 0 unspecified atom stereocenters. The smallest absolute Gasteiger partial charge is 0.234 e. The second-order valence-electron chi connectivity index (χ2n) is 6.05. The Morgan fingerprint density at radius 2 is 2.12 bits per heavy atom. The molecule has 130 valence electrons. The van der Waals surface area contributed by atoms with Crippen LogP contribution in [0.5, 0.6) is 5.75 Å². The zero-order chi connectivity index (χ0) is 17.2. The van der Waals surface area contributed by atoms with Crippen LogP contribution in [0.3, 0.4) is 0 Å². The number of hydrogen-bond donors (Lipinski definition) is 1. The molecule has 0 bridgehead atoms. The van der Waals surface area contributed by atoms with E-state index < -0.39 is 0 Å². The summed E-state index contributed by atoms with van der Waals surface area (Å²) in [7, 11) is 0. The van der Waals surface area contributed by atoms with Gasteiger partial charge in [-0.15, -0.1) is 10.2 Å². The lowest BCUT2D eigenvalue weighted by atomic mass is 10.1. The molecule has 0 aliphatic heterocycles. The van der Waals surface area contributed by atoms with Gasteiger partial charge in [0.1, 0.15) is 10.8 Å². The molecule has 0 spiro atoms. The van der Waals surface area contributed by atoms with Crippen LogP contribution in [0.2, 0.25) is 0 Å². The van der Waals surface area contributed by atoms with Gasteiger partial charge in [-0.05, 0) is 37.5 Å². The highest BCUT2D eigenvalue weighted by atomic mass is 32.1. The molecular weight excluding hydrogens is 338 g/mol. The van der Waals surface area contributed by atoms with Crippen LogP contribution in [0.15, 0.2) is 24.3 Å². The summed E-state index contributed by atoms with van der Waals surface area (Å²) in [5.41, 5.74) is 0.954. The van der Waals surface area contributed by atoms with E-state index in [1.165, 1.54) is 11.3 Å². The minimum Gasteiger partial charge on any atom is -0.494 e. The minimum absolute atomic E-state index is 0.0301. The fourth-order valence-electron chi connectivity index (χ4n) is 2.63. The Morgan fingerprint density at radius 1 is 1.32 bits per heavy atom.